The summed E-state index contributed by atoms with van der Waals surface area (Å²) in [6.07, 6.45) is -7.77. The minimum absolute atomic E-state index is 0.195. The minimum atomic E-state index is -4.60. The number of aromatic nitrogens is 1. The number of nitrogens with zero attached hydrogens (tertiary/aromatic N) is 1. The molecule has 0 fully saturated rings. The zero-order chi connectivity index (χ0) is 34.2. The first kappa shape index (κ1) is 35.4. The van der Waals surface area contributed by atoms with E-state index in [1.165, 1.54) is 13.2 Å². The fraction of sp³-hybridized carbons (Fsp3) is 0.200. The third kappa shape index (κ3) is 9.20. The van der Waals surface area contributed by atoms with Crippen LogP contribution in [0, 0.1) is 0 Å². The van der Waals surface area contributed by atoms with Gasteiger partial charge in [0.25, 0.3) is 0 Å². The number of alkyl halides is 3. The van der Waals surface area contributed by atoms with Gasteiger partial charge in [-0.25, -0.2) is 9.59 Å². The molecule has 0 aliphatic carbocycles. The molecule has 0 saturated heterocycles. The summed E-state index contributed by atoms with van der Waals surface area (Å²) in [5.74, 6) is -1.89. The Bertz CT molecular complexity index is 1700. The lowest BCUT2D eigenvalue weighted by Gasteiger charge is -2.13. The van der Waals surface area contributed by atoms with Crippen molar-refractivity contribution in [2.75, 3.05) is 19.5 Å². The number of carbonyl (C=O) groups is 3. The molecule has 2 unspecified atom stereocenters. The standard InChI is InChI=1S/C26H20ClF3N2O4.C4H6O6/c1-34-23-13-18-21(14-24(23)35-2)31-10-9-22(18)36-17-6-4-16(5-7-17)32-25(33)12-15-3-8-20(27)19(11-15)26(28,29)30;5-1(3(7)8)2(6)4(9)10/h3-11,13-14H,12H2,1-2H3,(H,32,33);1-2,5-6H,(H,7,8)(H,9,10). The highest BCUT2D eigenvalue weighted by Gasteiger charge is 2.33. The van der Waals surface area contributed by atoms with E-state index < -0.39 is 46.8 Å². The van der Waals surface area contributed by atoms with Crippen molar-refractivity contribution in [3.8, 4) is 23.0 Å². The molecule has 5 N–H and O–H groups in total. The maximum atomic E-state index is 13.1. The number of aliphatic carboxylic acids is 2. The van der Waals surface area contributed by atoms with E-state index in [4.69, 9.17) is 46.2 Å². The number of anilines is 1. The Balaban J connectivity index is 0.000000498. The Morgan fingerprint density at radius 1 is 0.870 bits per heavy atom. The summed E-state index contributed by atoms with van der Waals surface area (Å²) < 4.78 is 55.8. The van der Waals surface area contributed by atoms with Gasteiger partial charge in [-0.15, -0.1) is 0 Å². The number of rotatable bonds is 10. The van der Waals surface area contributed by atoms with Crippen molar-refractivity contribution in [2.45, 2.75) is 24.8 Å². The number of aliphatic hydroxyl groups is 2. The first-order valence-corrected chi connectivity index (χ1v) is 13.3. The lowest BCUT2D eigenvalue weighted by molar-refractivity contribution is -0.165. The number of hydrogen-bond donors (Lipinski definition) is 5. The van der Waals surface area contributed by atoms with Gasteiger partial charge in [-0.2, -0.15) is 13.2 Å². The summed E-state index contributed by atoms with van der Waals surface area (Å²) in [7, 11) is 3.08. The van der Waals surface area contributed by atoms with Gasteiger partial charge in [-0.05, 0) is 54.1 Å². The number of aliphatic hydroxyl groups excluding tert-OH is 2. The number of carbonyl (C=O) groups excluding carboxylic acids is 1. The molecule has 3 aromatic carbocycles. The van der Waals surface area contributed by atoms with Crippen molar-refractivity contribution < 1.29 is 62.2 Å². The van der Waals surface area contributed by atoms with Gasteiger partial charge in [0.2, 0.25) is 5.91 Å². The molecule has 0 aliphatic rings. The molecule has 2 atom stereocenters. The lowest BCUT2D eigenvalue weighted by atomic mass is 10.1. The Kier molecular flexibility index (Phi) is 11.7. The van der Waals surface area contributed by atoms with Gasteiger partial charge in [0.05, 0.1) is 36.7 Å². The third-order valence-corrected chi connectivity index (χ3v) is 6.41. The normalized spacial score (nSPS) is 12.3. The predicted octanol–water partition coefficient (Wildman–Crippen LogP) is 4.78. The zero-order valence-corrected chi connectivity index (χ0v) is 24.7. The predicted molar refractivity (Wildman–Crippen MR) is 157 cm³/mol. The van der Waals surface area contributed by atoms with Gasteiger partial charge in [0, 0.05) is 23.3 Å². The first-order chi connectivity index (χ1) is 21.6. The molecule has 244 valence electrons. The number of benzene rings is 3. The molecular formula is C30H26ClF3N2O10. The third-order valence-electron chi connectivity index (χ3n) is 6.08. The molecule has 4 rings (SSSR count). The average Bonchev–Trinajstić information content (AvgIpc) is 3.01. The van der Waals surface area contributed by atoms with Crippen LogP contribution in [-0.2, 0) is 27.0 Å². The van der Waals surface area contributed by atoms with Crippen LogP contribution in [0.25, 0.3) is 10.9 Å². The van der Waals surface area contributed by atoms with Gasteiger partial charge < -0.3 is 40.0 Å². The molecule has 0 radical (unpaired) electrons. The van der Waals surface area contributed by atoms with Crippen LogP contribution in [0.15, 0.2) is 66.9 Å². The molecule has 0 saturated carbocycles. The number of ether oxygens (including phenoxy) is 3. The van der Waals surface area contributed by atoms with Crippen molar-refractivity contribution in [2.24, 2.45) is 0 Å². The van der Waals surface area contributed by atoms with Crippen LogP contribution < -0.4 is 19.5 Å². The summed E-state index contributed by atoms with van der Waals surface area (Å²) in [5, 5.41) is 35.5. The number of fused-ring (bicyclic) bond motifs is 1. The number of amides is 1. The fourth-order valence-electron chi connectivity index (χ4n) is 3.83. The Morgan fingerprint density at radius 2 is 1.46 bits per heavy atom. The van der Waals surface area contributed by atoms with Crippen molar-refractivity contribution in [1.82, 2.24) is 4.98 Å². The number of halogens is 4. The minimum Gasteiger partial charge on any atom is -0.493 e. The summed E-state index contributed by atoms with van der Waals surface area (Å²) in [6, 6.07) is 15.2. The zero-order valence-electron chi connectivity index (χ0n) is 23.9. The molecule has 0 bridgehead atoms. The van der Waals surface area contributed by atoms with Crippen LogP contribution in [0.1, 0.15) is 11.1 Å². The van der Waals surface area contributed by atoms with E-state index in [1.807, 2.05) is 0 Å². The van der Waals surface area contributed by atoms with Crippen LogP contribution in [0.3, 0.4) is 0 Å². The van der Waals surface area contributed by atoms with Crippen molar-refractivity contribution in [3.63, 3.8) is 0 Å². The van der Waals surface area contributed by atoms with Crippen LogP contribution in [0.4, 0.5) is 18.9 Å². The van der Waals surface area contributed by atoms with Crippen molar-refractivity contribution in [3.05, 3.63) is 83.0 Å². The van der Waals surface area contributed by atoms with E-state index in [1.54, 1.807) is 55.8 Å². The van der Waals surface area contributed by atoms with E-state index in [0.29, 0.717) is 39.6 Å². The van der Waals surface area contributed by atoms with Crippen LogP contribution in [0.5, 0.6) is 23.0 Å². The van der Waals surface area contributed by atoms with Gasteiger partial charge in [-0.1, -0.05) is 17.7 Å². The summed E-state index contributed by atoms with van der Waals surface area (Å²) >= 11 is 5.63. The second-order valence-corrected chi connectivity index (χ2v) is 9.67. The number of carboxylic acids is 2. The Labute approximate surface area is 263 Å². The average molecular weight is 667 g/mol. The lowest BCUT2D eigenvalue weighted by Crippen LogP contribution is -2.39. The van der Waals surface area contributed by atoms with Gasteiger partial charge in [-0.3, -0.25) is 9.78 Å². The smallest absolute Gasteiger partial charge is 0.417 e. The quantitative estimate of drug-likeness (QED) is 0.157. The monoisotopic (exact) mass is 666 g/mol. The molecule has 1 aromatic heterocycles. The Hall–Kier alpha value is -5.12. The van der Waals surface area contributed by atoms with Crippen LogP contribution in [-0.4, -0.2) is 69.7 Å². The molecule has 0 aliphatic heterocycles. The Morgan fingerprint density at radius 3 is 2.00 bits per heavy atom. The highest BCUT2D eigenvalue weighted by atomic mass is 35.5. The van der Waals surface area contributed by atoms with Gasteiger partial charge in [0.1, 0.15) is 11.5 Å². The SMILES string of the molecule is COc1cc2nccc(Oc3ccc(NC(=O)Cc4ccc(Cl)c(C(F)(F)F)c4)cc3)c2cc1OC.O=C(O)C(O)C(O)C(=O)O. The maximum Gasteiger partial charge on any atom is 0.417 e. The largest absolute Gasteiger partial charge is 0.493 e. The molecule has 16 heteroatoms. The molecule has 4 aromatic rings. The van der Waals surface area contributed by atoms with E-state index in [-0.39, 0.29) is 12.0 Å². The molecule has 1 heterocycles. The van der Waals surface area contributed by atoms with E-state index >= 15 is 0 Å². The van der Waals surface area contributed by atoms with Gasteiger partial charge in [0.15, 0.2) is 23.7 Å². The number of nitrogens with one attached hydrogen (secondary N) is 1. The number of methoxy groups -OCH3 is 2. The maximum absolute atomic E-state index is 13.1. The topological polar surface area (TPSA) is 185 Å². The second-order valence-electron chi connectivity index (χ2n) is 9.26. The summed E-state index contributed by atoms with van der Waals surface area (Å²) in [5.41, 5.74) is 0.338. The molecule has 1 amide bonds. The molecule has 0 spiro atoms. The van der Waals surface area contributed by atoms with E-state index in [2.05, 4.69) is 10.3 Å². The summed E-state index contributed by atoms with van der Waals surface area (Å²) in [6.45, 7) is 0. The number of pyridine rings is 1. The summed E-state index contributed by atoms with van der Waals surface area (Å²) in [4.78, 5) is 36.3. The molecule has 46 heavy (non-hydrogen) atoms. The second kappa shape index (κ2) is 15.2. The van der Waals surface area contributed by atoms with Crippen LogP contribution in [0.2, 0.25) is 5.02 Å². The first-order valence-electron chi connectivity index (χ1n) is 12.9. The highest BCUT2D eigenvalue weighted by Crippen LogP contribution is 2.37. The molecular weight excluding hydrogens is 641 g/mol. The number of hydrogen-bond acceptors (Lipinski definition) is 9. The number of carboxylic acid groups (broad SMARTS) is 2. The molecule has 12 nitrogen and oxygen atoms in total. The van der Waals surface area contributed by atoms with E-state index in [9.17, 15) is 27.6 Å². The van der Waals surface area contributed by atoms with Gasteiger partial charge >= 0.3 is 18.1 Å². The van der Waals surface area contributed by atoms with Crippen molar-refractivity contribution in [1.29, 1.82) is 0 Å². The van der Waals surface area contributed by atoms with Crippen LogP contribution >= 0.6 is 11.6 Å². The van der Waals surface area contributed by atoms with Crippen molar-refractivity contribution >= 4 is 46.0 Å². The van der Waals surface area contributed by atoms with E-state index in [0.717, 1.165) is 12.1 Å². The highest BCUT2D eigenvalue weighted by molar-refractivity contribution is 6.31. The fourth-order valence-corrected chi connectivity index (χ4v) is 4.05.